The number of piperidine rings is 1. The van der Waals surface area contributed by atoms with Crippen molar-refractivity contribution < 1.29 is 4.79 Å². The van der Waals surface area contributed by atoms with Crippen molar-refractivity contribution in [3.8, 4) is 0 Å². The van der Waals surface area contributed by atoms with Gasteiger partial charge in [-0.05, 0) is 31.3 Å². The first-order valence-corrected chi connectivity index (χ1v) is 6.19. The lowest BCUT2D eigenvalue weighted by atomic mass is 10.1. The predicted octanol–water partition coefficient (Wildman–Crippen LogP) is 1.99. The Labute approximate surface area is 106 Å². The maximum atomic E-state index is 12.0. The molecule has 1 N–H and O–H groups in total. The molecule has 1 unspecified atom stereocenters. The van der Waals surface area contributed by atoms with Crippen LogP contribution in [-0.4, -0.2) is 37.0 Å². The Balaban J connectivity index is 0.00000128. The van der Waals surface area contributed by atoms with Crippen molar-refractivity contribution in [2.24, 2.45) is 0 Å². The van der Waals surface area contributed by atoms with E-state index in [0.717, 1.165) is 24.4 Å². The SMILES string of the molecule is CNC1CCCN(C(=O)c2cccs2)C1.Cl. The summed E-state index contributed by atoms with van der Waals surface area (Å²) in [5.74, 6) is 0.185. The Bertz CT molecular complexity index is 329. The molecule has 0 aromatic carbocycles. The minimum absolute atomic E-state index is 0. The highest BCUT2D eigenvalue weighted by Gasteiger charge is 2.23. The average Bonchev–Trinajstić information content (AvgIpc) is 2.81. The Kier molecular flexibility index (Phi) is 5.25. The molecule has 90 valence electrons. The number of rotatable bonds is 2. The van der Waals surface area contributed by atoms with Crippen LogP contribution in [0.3, 0.4) is 0 Å². The monoisotopic (exact) mass is 260 g/mol. The van der Waals surface area contributed by atoms with Gasteiger partial charge in [0.2, 0.25) is 0 Å². The second-order valence-corrected chi connectivity index (χ2v) is 4.80. The number of thiophene rings is 1. The van der Waals surface area contributed by atoms with Crippen LogP contribution in [0, 0.1) is 0 Å². The van der Waals surface area contributed by atoms with Crippen LogP contribution in [-0.2, 0) is 0 Å². The van der Waals surface area contributed by atoms with Gasteiger partial charge in [-0.2, -0.15) is 0 Å². The third-order valence-corrected chi connectivity index (χ3v) is 3.71. The minimum Gasteiger partial charge on any atom is -0.336 e. The molecule has 2 heterocycles. The van der Waals surface area contributed by atoms with Crippen LogP contribution in [0.4, 0.5) is 0 Å². The van der Waals surface area contributed by atoms with Crippen LogP contribution in [0.25, 0.3) is 0 Å². The van der Waals surface area contributed by atoms with Gasteiger partial charge < -0.3 is 10.2 Å². The molecule has 1 aliphatic heterocycles. The molecule has 1 aromatic rings. The third kappa shape index (κ3) is 2.97. The van der Waals surface area contributed by atoms with Crippen molar-refractivity contribution in [1.29, 1.82) is 0 Å². The van der Waals surface area contributed by atoms with Crippen molar-refractivity contribution in [2.75, 3.05) is 20.1 Å². The molecule has 0 spiro atoms. The minimum atomic E-state index is 0. The third-order valence-electron chi connectivity index (χ3n) is 2.85. The van der Waals surface area contributed by atoms with E-state index in [-0.39, 0.29) is 18.3 Å². The van der Waals surface area contributed by atoms with Crippen LogP contribution in [0.1, 0.15) is 22.5 Å². The molecule has 1 aliphatic rings. The Morgan fingerprint density at radius 1 is 1.62 bits per heavy atom. The zero-order valence-corrected chi connectivity index (χ0v) is 10.9. The summed E-state index contributed by atoms with van der Waals surface area (Å²) < 4.78 is 0. The number of carbonyl (C=O) groups excluding carboxylic acids is 1. The van der Waals surface area contributed by atoms with Gasteiger partial charge in [0.05, 0.1) is 4.88 Å². The topological polar surface area (TPSA) is 32.3 Å². The molecule has 0 saturated carbocycles. The lowest BCUT2D eigenvalue weighted by molar-refractivity contribution is 0.0703. The van der Waals surface area contributed by atoms with E-state index in [2.05, 4.69) is 5.32 Å². The summed E-state index contributed by atoms with van der Waals surface area (Å²) in [5.41, 5.74) is 0. The lowest BCUT2D eigenvalue weighted by Gasteiger charge is -2.32. The first-order valence-electron chi connectivity index (χ1n) is 5.31. The molecular weight excluding hydrogens is 244 g/mol. The zero-order chi connectivity index (χ0) is 10.7. The fraction of sp³-hybridized carbons (Fsp3) is 0.545. The molecular formula is C11H17ClN2OS. The molecule has 5 heteroatoms. The summed E-state index contributed by atoms with van der Waals surface area (Å²) in [6, 6.07) is 4.29. The highest BCUT2D eigenvalue weighted by atomic mass is 35.5. The van der Waals surface area contributed by atoms with Crippen LogP contribution in [0.15, 0.2) is 17.5 Å². The molecule has 3 nitrogen and oxygen atoms in total. The summed E-state index contributed by atoms with van der Waals surface area (Å²) >= 11 is 1.52. The number of likely N-dealkylation sites (tertiary alicyclic amines) is 1. The fourth-order valence-electron chi connectivity index (χ4n) is 1.95. The van der Waals surface area contributed by atoms with Crippen molar-refractivity contribution in [1.82, 2.24) is 10.2 Å². The van der Waals surface area contributed by atoms with Crippen molar-refractivity contribution >= 4 is 29.7 Å². The van der Waals surface area contributed by atoms with Gasteiger partial charge in [-0.25, -0.2) is 0 Å². The van der Waals surface area contributed by atoms with E-state index in [1.807, 2.05) is 29.5 Å². The summed E-state index contributed by atoms with van der Waals surface area (Å²) in [4.78, 5) is 14.8. The van der Waals surface area contributed by atoms with Gasteiger partial charge in [-0.3, -0.25) is 4.79 Å². The maximum absolute atomic E-state index is 12.0. The number of amides is 1. The Morgan fingerprint density at radius 2 is 2.44 bits per heavy atom. The highest BCUT2D eigenvalue weighted by molar-refractivity contribution is 7.12. The Hall–Kier alpha value is -0.580. The van der Waals surface area contributed by atoms with Crippen molar-refractivity contribution in [3.63, 3.8) is 0 Å². The van der Waals surface area contributed by atoms with E-state index in [0.29, 0.717) is 6.04 Å². The van der Waals surface area contributed by atoms with Gasteiger partial charge in [0, 0.05) is 19.1 Å². The molecule has 16 heavy (non-hydrogen) atoms. The average molecular weight is 261 g/mol. The van der Waals surface area contributed by atoms with E-state index in [9.17, 15) is 4.79 Å². The zero-order valence-electron chi connectivity index (χ0n) is 9.31. The summed E-state index contributed by atoms with van der Waals surface area (Å²) in [6.07, 6.45) is 2.27. The molecule has 0 radical (unpaired) electrons. The molecule has 0 aliphatic carbocycles. The van der Waals surface area contributed by atoms with Crippen LogP contribution >= 0.6 is 23.7 Å². The summed E-state index contributed by atoms with van der Waals surface area (Å²) in [5, 5.41) is 5.19. The molecule has 1 amide bonds. The first kappa shape index (κ1) is 13.5. The lowest BCUT2D eigenvalue weighted by Crippen LogP contribution is -2.46. The number of carbonyl (C=O) groups is 1. The van der Waals surface area contributed by atoms with E-state index < -0.39 is 0 Å². The van der Waals surface area contributed by atoms with Gasteiger partial charge in [0.1, 0.15) is 0 Å². The van der Waals surface area contributed by atoms with Crippen LogP contribution in [0.2, 0.25) is 0 Å². The smallest absolute Gasteiger partial charge is 0.263 e. The number of likely N-dealkylation sites (N-methyl/N-ethyl adjacent to an activating group) is 1. The van der Waals surface area contributed by atoms with Gasteiger partial charge in [-0.15, -0.1) is 23.7 Å². The van der Waals surface area contributed by atoms with Gasteiger partial charge >= 0.3 is 0 Å². The van der Waals surface area contributed by atoms with Gasteiger partial charge in [0.15, 0.2) is 0 Å². The van der Waals surface area contributed by atoms with Crippen molar-refractivity contribution in [2.45, 2.75) is 18.9 Å². The number of nitrogens with one attached hydrogen (secondary N) is 1. The van der Waals surface area contributed by atoms with E-state index in [1.165, 1.54) is 17.8 Å². The normalized spacial score (nSPS) is 20.3. The highest BCUT2D eigenvalue weighted by Crippen LogP contribution is 2.16. The van der Waals surface area contributed by atoms with Crippen LogP contribution in [0.5, 0.6) is 0 Å². The summed E-state index contributed by atoms with van der Waals surface area (Å²) in [7, 11) is 1.96. The molecule has 1 atom stereocenters. The second-order valence-electron chi connectivity index (χ2n) is 3.86. The number of hydrogen-bond acceptors (Lipinski definition) is 3. The molecule has 1 saturated heterocycles. The van der Waals surface area contributed by atoms with E-state index >= 15 is 0 Å². The van der Waals surface area contributed by atoms with E-state index in [4.69, 9.17) is 0 Å². The van der Waals surface area contributed by atoms with Gasteiger partial charge in [-0.1, -0.05) is 6.07 Å². The van der Waals surface area contributed by atoms with Crippen LogP contribution < -0.4 is 5.32 Å². The number of nitrogens with zero attached hydrogens (tertiary/aromatic N) is 1. The van der Waals surface area contributed by atoms with E-state index in [1.54, 1.807) is 0 Å². The number of hydrogen-bond donors (Lipinski definition) is 1. The molecule has 1 aromatic heterocycles. The number of halogens is 1. The quantitative estimate of drug-likeness (QED) is 0.882. The molecule has 1 fully saturated rings. The molecule has 2 rings (SSSR count). The fourth-order valence-corrected chi connectivity index (χ4v) is 2.64. The van der Waals surface area contributed by atoms with Crippen molar-refractivity contribution in [3.05, 3.63) is 22.4 Å². The standard InChI is InChI=1S/C11H16N2OS.ClH/c1-12-9-4-2-6-13(8-9)11(14)10-5-3-7-15-10;/h3,5,7,9,12H,2,4,6,8H2,1H3;1H. The summed E-state index contributed by atoms with van der Waals surface area (Å²) in [6.45, 7) is 1.74. The maximum Gasteiger partial charge on any atom is 0.263 e. The van der Waals surface area contributed by atoms with Gasteiger partial charge in [0.25, 0.3) is 5.91 Å². The molecule has 0 bridgehead atoms. The Morgan fingerprint density at radius 3 is 3.06 bits per heavy atom. The largest absolute Gasteiger partial charge is 0.336 e. The predicted molar refractivity (Wildman–Crippen MR) is 69.6 cm³/mol. The second kappa shape index (κ2) is 6.23. The first-order chi connectivity index (χ1) is 7.31.